The van der Waals surface area contributed by atoms with E-state index in [9.17, 15) is 0 Å². The van der Waals surface area contributed by atoms with E-state index in [1.807, 2.05) is 82.7 Å². The highest BCUT2D eigenvalue weighted by atomic mass is 16.3. The van der Waals surface area contributed by atoms with Crippen LogP contribution in [0.4, 0.5) is 0 Å². The lowest BCUT2D eigenvalue weighted by Gasteiger charge is -2.08. The third kappa shape index (κ3) is 4.40. The van der Waals surface area contributed by atoms with Gasteiger partial charge in [0.1, 0.15) is 17.2 Å². The number of benzene rings is 3. The first kappa shape index (κ1) is 25.7. The Bertz CT molecular complexity index is 2400. The molecular weight excluding hydrogens is 548 g/mol. The quantitative estimate of drug-likeness (QED) is 0.210. The number of furan rings is 2. The Hall–Kier alpha value is -6.02. The summed E-state index contributed by atoms with van der Waals surface area (Å²) in [7, 11) is 0. The summed E-state index contributed by atoms with van der Waals surface area (Å²) in [6, 6.07) is 36.2. The highest BCUT2D eigenvalue weighted by Gasteiger charge is 2.15. The van der Waals surface area contributed by atoms with Crippen molar-refractivity contribution in [3.05, 3.63) is 133 Å². The van der Waals surface area contributed by atoms with Crippen LogP contribution < -0.4 is 0 Å². The minimum absolute atomic E-state index is 0.752. The lowest BCUT2D eigenvalue weighted by atomic mass is 10.1. The number of nitrogens with zero attached hydrogens (tertiary/aromatic N) is 6. The van der Waals surface area contributed by atoms with Crippen molar-refractivity contribution >= 4 is 32.8 Å². The van der Waals surface area contributed by atoms with E-state index in [0.717, 1.165) is 73.0 Å². The lowest BCUT2D eigenvalue weighted by molar-refractivity contribution is 0.579. The zero-order chi connectivity index (χ0) is 29.6. The van der Waals surface area contributed by atoms with Gasteiger partial charge in [-0.25, -0.2) is 19.0 Å². The number of aryl methyl sites for hydroxylation is 2. The van der Waals surface area contributed by atoms with Crippen molar-refractivity contribution in [1.29, 1.82) is 0 Å². The van der Waals surface area contributed by atoms with Crippen molar-refractivity contribution in [3.8, 4) is 34.3 Å². The van der Waals surface area contributed by atoms with Crippen molar-refractivity contribution in [2.75, 3.05) is 0 Å². The summed E-state index contributed by atoms with van der Waals surface area (Å²) in [5.74, 6) is 3.22. The molecule has 8 heteroatoms. The van der Waals surface area contributed by atoms with Crippen LogP contribution in [0.15, 0.2) is 131 Å². The molecule has 0 aliphatic heterocycles. The molecule has 0 saturated carbocycles. The summed E-state index contributed by atoms with van der Waals surface area (Å²) in [6.45, 7) is 4.04. The summed E-state index contributed by atoms with van der Waals surface area (Å²) in [5, 5.41) is 11.5. The van der Waals surface area contributed by atoms with Crippen molar-refractivity contribution in [2.45, 2.75) is 13.8 Å². The van der Waals surface area contributed by atoms with Crippen LogP contribution in [0.25, 0.3) is 67.1 Å². The Morgan fingerprint density at radius 1 is 0.545 bits per heavy atom. The normalized spacial score (nSPS) is 11.4. The fraction of sp³-hybridized carbons (Fsp3) is 0.0556. The first-order chi connectivity index (χ1) is 21.6. The van der Waals surface area contributed by atoms with Gasteiger partial charge in [0.15, 0.2) is 17.3 Å². The Morgan fingerprint density at radius 2 is 1.09 bits per heavy atom. The van der Waals surface area contributed by atoms with Crippen LogP contribution in [-0.2, 0) is 0 Å². The van der Waals surface area contributed by atoms with Gasteiger partial charge in [-0.1, -0.05) is 66.2 Å². The Balaban J connectivity index is 0.000000136. The van der Waals surface area contributed by atoms with Crippen LogP contribution in [0.1, 0.15) is 11.4 Å². The van der Waals surface area contributed by atoms with Crippen LogP contribution in [-0.4, -0.2) is 29.2 Å². The molecule has 0 unspecified atom stereocenters. The van der Waals surface area contributed by atoms with E-state index in [1.54, 1.807) is 12.5 Å². The summed E-state index contributed by atoms with van der Waals surface area (Å²) >= 11 is 0. The monoisotopic (exact) mass is 574 g/mol. The molecule has 6 heterocycles. The van der Waals surface area contributed by atoms with E-state index in [2.05, 4.69) is 59.5 Å². The van der Waals surface area contributed by atoms with Crippen LogP contribution in [0.5, 0.6) is 0 Å². The predicted molar refractivity (Wildman–Crippen MR) is 171 cm³/mol. The summed E-state index contributed by atoms with van der Waals surface area (Å²) in [4.78, 5) is 9.44. The van der Waals surface area contributed by atoms with Gasteiger partial charge >= 0.3 is 0 Å². The second-order valence-corrected chi connectivity index (χ2v) is 10.6. The van der Waals surface area contributed by atoms with E-state index >= 15 is 0 Å². The van der Waals surface area contributed by atoms with Crippen molar-refractivity contribution < 1.29 is 8.83 Å². The summed E-state index contributed by atoms with van der Waals surface area (Å²) < 4.78 is 14.7. The largest absolute Gasteiger partial charge is 0.463 e. The van der Waals surface area contributed by atoms with E-state index in [0.29, 0.717) is 0 Å². The standard InChI is InChI=1S/C21H15N3O.C15H11N3O/c1-14-8-10-15(11-9-14)21-22-17-6-3-2-5-16(17)19-13-18(23-24(19)21)20-7-4-12-25-20;1-10-16-12-6-3-2-5-11(12)14-9-13(17-18(10)14)15-7-4-8-19-15/h2-13H,1H3;2-9H,1H3. The second kappa shape index (κ2) is 10.4. The Morgan fingerprint density at radius 3 is 1.68 bits per heavy atom. The average Bonchev–Trinajstić information content (AvgIpc) is 3.88. The zero-order valence-electron chi connectivity index (χ0n) is 24.0. The van der Waals surface area contributed by atoms with Crippen LogP contribution >= 0.6 is 0 Å². The predicted octanol–water partition coefficient (Wildman–Crippen LogP) is 8.57. The maximum atomic E-state index is 5.53. The fourth-order valence-electron chi connectivity index (χ4n) is 5.49. The SMILES string of the molecule is Cc1ccc(-c2nc3ccccc3c3cc(-c4ccco4)nn23)cc1.Cc1nc2ccccc2c2cc(-c3ccco3)nn12. The van der Waals surface area contributed by atoms with E-state index < -0.39 is 0 Å². The molecule has 8 nitrogen and oxygen atoms in total. The molecule has 0 amide bonds. The molecule has 0 spiro atoms. The molecule has 3 aromatic carbocycles. The van der Waals surface area contributed by atoms with Gasteiger partial charge in [0, 0.05) is 16.3 Å². The van der Waals surface area contributed by atoms with E-state index in [4.69, 9.17) is 18.9 Å². The zero-order valence-corrected chi connectivity index (χ0v) is 24.0. The number of hydrogen-bond donors (Lipinski definition) is 0. The highest BCUT2D eigenvalue weighted by molar-refractivity contribution is 5.96. The van der Waals surface area contributed by atoms with Gasteiger partial charge in [-0.05, 0) is 62.4 Å². The fourth-order valence-corrected chi connectivity index (χ4v) is 5.49. The molecular formula is C36H26N6O2. The molecule has 212 valence electrons. The maximum absolute atomic E-state index is 5.53. The Kier molecular flexibility index (Phi) is 6.04. The van der Waals surface area contributed by atoms with Gasteiger partial charge in [-0.3, -0.25) is 0 Å². The second-order valence-electron chi connectivity index (χ2n) is 10.6. The van der Waals surface area contributed by atoms with Crippen molar-refractivity contribution in [3.63, 3.8) is 0 Å². The number of aromatic nitrogens is 6. The average molecular weight is 575 g/mol. The molecule has 0 atom stereocenters. The van der Waals surface area contributed by atoms with Crippen LogP contribution in [0.3, 0.4) is 0 Å². The number of rotatable bonds is 3. The highest BCUT2D eigenvalue weighted by Crippen LogP contribution is 2.30. The molecule has 0 aliphatic rings. The minimum atomic E-state index is 0.752. The van der Waals surface area contributed by atoms with Gasteiger partial charge in [-0.15, -0.1) is 0 Å². The van der Waals surface area contributed by atoms with Gasteiger partial charge < -0.3 is 8.83 Å². The topological polar surface area (TPSA) is 86.7 Å². The minimum Gasteiger partial charge on any atom is -0.463 e. The molecule has 9 aromatic rings. The Labute approximate surface area is 251 Å². The molecule has 9 rings (SSSR count). The molecule has 6 aromatic heterocycles. The van der Waals surface area contributed by atoms with Gasteiger partial charge in [0.25, 0.3) is 0 Å². The summed E-state index contributed by atoms with van der Waals surface area (Å²) in [5.41, 5.74) is 7.90. The molecule has 0 saturated heterocycles. The molecule has 0 bridgehead atoms. The number of para-hydroxylation sites is 2. The van der Waals surface area contributed by atoms with Crippen LogP contribution in [0.2, 0.25) is 0 Å². The smallest absolute Gasteiger partial charge is 0.161 e. The maximum Gasteiger partial charge on any atom is 0.161 e. The van der Waals surface area contributed by atoms with Gasteiger partial charge in [0.2, 0.25) is 0 Å². The molecule has 0 N–H and O–H groups in total. The third-order valence-electron chi connectivity index (χ3n) is 7.65. The number of fused-ring (bicyclic) bond motifs is 6. The van der Waals surface area contributed by atoms with Crippen LogP contribution in [0, 0.1) is 13.8 Å². The van der Waals surface area contributed by atoms with Crippen molar-refractivity contribution in [2.24, 2.45) is 0 Å². The van der Waals surface area contributed by atoms with E-state index in [-0.39, 0.29) is 0 Å². The first-order valence-electron chi connectivity index (χ1n) is 14.3. The summed E-state index contributed by atoms with van der Waals surface area (Å²) in [6.07, 6.45) is 3.32. The van der Waals surface area contributed by atoms with Crippen molar-refractivity contribution in [1.82, 2.24) is 29.2 Å². The lowest BCUT2D eigenvalue weighted by Crippen LogP contribution is -1.99. The van der Waals surface area contributed by atoms with Gasteiger partial charge in [0.05, 0.1) is 34.6 Å². The molecule has 44 heavy (non-hydrogen) atoms. The van der Waals surface area contributed by atoms with Gasteiger partial charge in [-0.2, -0.15) is 10.2 Å². The molecule has 0 radical (unpaired) electrons. The number of hydrogen-bond acceptors (Lipinski definition) is 6. The van der Waals surface area contributed by atoms with E-state index in [1.165, 1.54) is 5.56 Å². The molecule has 0 aliphatic carbocycles. The third-order valence-corrected chi connectivity index (χ3v) is 7.65. The first-order valence-corrected chi connectivity index (χ1v) is 14.3. The molecule has 0 fully saturated rings.